The van der Waals surface area contributed by atoms with E-state index < -0.39 is 0 Å². The smallest absolute Gasteiger partial charge is 0.247 e. The van der Waals surface area contributed by atoms with Gasteiger partial charge in [0.15, 0.2) is 6.61 Å². The molecule has 0 saturated carbocycles. The summed E-state index contributed by atoms with van der Waals surface area (Å²) in [6.07, 6.45) is 1.26. The largest absolute Gasteiger partial charge is 0.485 e. The Morgan fingerprint density at radius 2 is 1.93 bits per heavy atom. The summed E-state index contributed by atoms with van der Waals surface area (Å²) in [5, 5.41) is 7.49. The molecule has 2 heterocycles. The van der Waals surface area contributed by atoms with Crippen LogP contribution in [0.3, 0.4) is 0 Å². The van der Waals surface area contributed by atoms with Crippen LogP contribution < -0.4 is 4.74 Å². The van der Waals surface area contributed by atoms with Crippen molar-refractivity contribution in [2.75, 3.05) is 6.61 Å². The van der Waals surface area contributed by atoms with Crippen molar-refractivity contribution < 1.29 is 18.3 Å². The molecule has 0 amide bonds. The summed E-state index contributed by atoms with van der Waals surface area (Å²) in [5.41, 5.74) is 3.58. The van der Waals surface area contributed by atoms with Crippen molar-refractivity contribution in [3.63, 3.8) is 0 Å². The van der Waals surface area contributed by atoms with E-state index in [-0.39, 0.29) is 18.2 Å². The summed E-state index contributed by atoms with van der Waals surface area (Å²) in [7, 11) is 0. The number of carbonyl (C=O) groups is 1. The highest BCUT2D eigenvalue weighted by molar-refractivity contribution is 5.98. The van der Waals surface area contributed by atoms with Crippen molar-refractivity contribution in [2.24, 2.45) is 0 Å². The molecule has 0 spiro atoms. The van der Waals surface area contributed by atoms with E-state index in [4.69, 9.17) is 9.15 Å². The molecular formula is C22H18FN3O3. The second kappa shape index (κ2) is 7.71. The lowest BCUT2D eigenvalue weighted by atomic mass is 10.1. The summed E-state index contributed by atoms with van der Waals surface area (Å²) in [6, 6.07) is 15.1. The molecule has 146 valence electrons. The Bertz CT molecular complexity index is 1150. The zero-order valence-electron chi connectivity index (χ0n) is 15.9. The average Bonchev–Trinajstić information content (AvgIpc) is 3.35. The molecule has 0 unspecified atom stereocenters. The van der Waals surface area contributed by atoms with Crippen LogP contribution in [0.15, 0.2) is 65.4 Å². The Morgan fingerprint density at radius 3 is 2.62 bits per heavy atom. The molecule has 0 N–H and O–H groups in total. The molecule has 0 aliphatic rings. The number of rotatable bonds is 6. The summed E-state index contributed by atoms with van der Waals surface area (Å²) in [5.74, 6) is 0.495. The third-order valence-corrected chi connectivity index (χ3v) is 4.63. The number of benzene rings is 2. The summed E-state index contributed by atoms with van der Waals surface area (Å²) in [6.45, 7) is 3.61. The minimum atomic E-state index is -0.324. The molecule has 2 aromatic carbocycles. The zero-order valence-corrected chi connectivity index (χ0v) is 15.9. The number of carbonyl (C=O) groups excluding carboxylic acids is 1. The van der Waals surface area contributed by atoms with Crippen molar-refractivity contribution in [3.05, 3.63) is 83.8 Å². The van der Waals surface area contributed by atoms with Crippen LogP contribution >= 0.6 is 0 Å². The first-order valence-electron chi connectivity index (χ1n) is 9.00. The highest BCUT2D eigenvalue weighted by Crippen LogP contribution is 2.23. The number of Topliss-reactive ketones (excluding diaryl/α,β-unsaturated/α-hetero) is 1. The van der Waals surface area contributed by atoms with Gasteiger partial charge in [-0.2, -0.15) is 0 Å². The summed E-state index contributed by atoms with van der Waals surface area (Å²) < 4.78 is 26.2. The monoisotopic (exact) mass is 391 g/mol. The normalized spacial score (nSPS) is 10.9. The zero-order chi connectivity index (χ0) is 20.4. The van der Waals surface area contributed by atoms with Gasteiger partial charge >= 0.3 is 0 Å². The van der Waals surface area contributed by atoms with Gasteiger partial charge in [-0.1, -0.05) is 6.07 Å². The highest BCUT2D eigenvalue weighted by Gasteiger charge is 2.17. The van der Waals surface area contributed by atoms with Crippen LogP contribution in [0.2, 0.25) is 0 Å². The van der Waals surface area contributed by atoms with E-state index >= 15 is 0 Å². The Kier molecular flexibility index (Phi) is 4.95. The average molecular weight is 391 g/mol. The van der Waals surface area contributed by atoms with Crippen LogP contribution in [-0.2, 0) is 0 Å². The second-order valence-electron chi connectivity index (χ2n) is 6.58. The Labute approximate surface area is 166 Å². The van der Waals surface area contributed by atoms with Gasteiger partial charge in [-0.3, -0.25) is 4.79 Å². The van der Waals surface area contributed by atoms with Crippen LogP contribution in [0.25, 0.3) is 17.1 Å². The first-order chi connectivity index (χ1) is 14.0. The van der Waals surface area contributed by atoms with E-state index in [2.05, 4.69) is 10.2 Å². The minimum absolute atomic E-state index is 0.104. The van der Waals surface area contributed by atoms with Crippen molar-refractivity contribution in [3.8, 4) is 22.9 Å². The first kappa shape index (κ1) is 18.6. The summed E-state index contributed by atoms with van der Waals surface area (Å²) in [4.78, 5) is 12.7. The maximum absolute atomic E-state index is 13.6. The molecule has 0 radical (unpaired) electrons. The lowest BCUT2D eigenvalue weighted by molar-refractivity contribution is 0.0921. The third-order valence-electron chi connectivity index (χ3n) is 4.63. The molecule has 2 aromatic heterocycles. The van der Waals surface area contributed by atoms with Gasteiger partial charge in [-0.25, -0.2) is 4.39 Å². The Balaban J connectivity index is 1.48. The molecule has 29 heavy (non-hydrogen) atoms. The maximum atomic E-state index is 13.6. The van der Waals surface area contributed by atoms with Crippen LogP contribution in [0.1, 0.15) is 21.7 Å². The molecule has 0 saturated heterocycles. The number of aromatic nitrogens is 3. The molecule has 4 rings (SSSR count). The van der Waals surface area contributed by atoms with Crippen LogP contribution in [0.4, 0.5) is 4.39 Å². The van der Waals surface area contributed by atoms with Crippen molar-refractivity contribution in [2.45, 2.75) is 13.8 Å². The molecular weight excluding hydrogens is 373 g/mol. The molecule has 6 nitrogen and oxygen atoms in total. The molecule has 7 heteroatoms. The van der Waals surface area contributed by atoms with E-state index in [1.165, 1.54) is 18.5 Å². The number of halogens is 1. The lowest BCUT2D eigenvalue weighted by Crippen LogP contribution is -2.12. The van der Waals surface area contributed by atoms with Gasteiger partial charge < -0.3 is 13.7 Å². The fraction of sp³-hybridized carbons (Fsp3) is 0.136. The van der Waals surface area contributed by atoms with E-state index in [0.29, 0.717) is 22.9 Å². The maximum Gasteiger partial charge on any atom is 0.247 e. The summed E-state index contributed by atoms with van der Waals surface area (Å²) >= 11 is 0. The molecule has 0 fully saturated rings. The van der Waals surface area contributed by atoms with Gasteiger partial charge in [0, 0.05) is 28.2 Å². The second-order valence-corrected chi connectivity index (χ2v) is 6.58. The minimum Gasteiger partial charge on any atom is -0.485 e. The fourth-order valence-electron chi connectivity index (χ4n) is 3.28. The fourth-order valence-corrected chi connectivity index (χ4v) is 3.28. The van der Waals surface area contributed by atoms with Gasteiger partial charge in [-0.05, 0) is 62.4 Å². The van der Waals surface area contributed by atoms with E-state index in [1.54, 1.807) is 42.5 Å². The number of hydrogen-bond acceptors (Lipinski definition) is 5. The van der Waals surface area contributed by atoms with Crippen LogP contribution in [-0.4, -0.2) is 27.2 Å². The number of ketones is 1. The first-order valence-corrected chi connectivity index (χ1v) is 9.00. The molecule has 0 bridgehead atoms. The number of nitrogens with zero attached hydrogens (tertiary/aromatic N) is 3. The van der Waals surface area contributed by atoms with Gasteiger partial charge in [0.2, 0.25) is 18.1 Å². The predicted molar refractivity (Wildman–Crippen MR) is 105 cm³/mol. The van der Waals surface area contributed by atoms with E-state index in [0.717, 1.165) is 17.0 Å². The SMILES string of the molecule is Cc1cc(C(=O)COc2ccc(-c3nnco3)cc2)c(C)n1-c1cccc(F)c1. The lowest BCUT2D eigenvalue weighted by Gasteiger charge is -2.10. The number of ether oxygens (including phenoxy) is 1. The van der Waals surface area contributed by atoms with E-state index in [1.807, 2.05) is 18.4 Å². The highest BCUT2D eigenvalue weighted by atomic mass is 19.1. The standard InChI is InChI=1S/C22H18FN3O3/c1-14-10-20(15(2)26(14)18-5-3-4-17(23)11-18)21(27)12-28-19-8-6-16(7-9-19)22-25-24-13-29-22/h3-11,13H,12H2,1-2H3. The Morgan fingerprint density at radius 1 is 1.14 bits per heavy atom. The van der Waals surface area contributed by atoms with Crippen molar-refractivity contribution in [1.82, 2.24) is 14.8 Å². The van der Waals surface area contributed by atoms with Gasteiger partial charge in [0.05, 0.1) is 0 Å². The number of hydrogen-bond donors (Lipinski definition) is 0. The quantitative estimate of drug-likeness (QED) is 0.451. The van der Waals surface area contributed by atoms with Gasteiger partial charge in [0.25, 0.3) is 0 Å². The van der Waals surface area contributed by atoms with Crippen molar-refractivity contribution >= 4 is 5.78 Å². The van der Waals surface area contributed by atoms with Crippen LogP contribution in [0, 0.1) is 19.7 Å². The molecule has 0 atom stereocenters. The third kappa shape index (κ3) is 3.80. The predicted octanol–water partition coefficient (Wildman–Crippen LogP) is 4.54. The van der Waals surface area contributed by atoms with Gasteiger partial charge in [0.1, 0.15) is 11.6 Å². The molecule has 0 aliphatic heterocycles. The van der Waals surface area contributed by atoms with Gasteiger partial charge in [-0.15, -0.1) is 10.2 Å². The molecule has 0 aliphatic carbocycles. The topological polar surface area (TPSA) is 70.2 Å². The van der Waals surface area contributed by atoms with Crippen LogP contribution in [0.5, 0.6) is 5.75 Å². The number of aryl methyl sites for hydroxylation is 1. The molecule has 4 aromatic rings. The van der Waals surface area contributed by atoms with E-state index in [9.17, 15) is 9.18 Å². The Hall–Kier alpha value is -3.74. The van der Waals surface area contributed by atoms with Crippen molar-refractivity contribution in [1.29, 1.82) is 0 Å².